The smallest absolute Gasteiger partial charge is 0.434 e. The third-order valence-corrected chi connectivity index (χ3v) is 2.13. The molecule has 0 saturated heterocycles. The van der Waals surface area contributed by atoms with Gasteiger partial charge in [0.2, 0.25) is 0 Å². The van der Waals surface area contributed by atoms with Crippen LogP contribution in [0.1, 0.15) is 16.2 Å². The molecule has 0 fully saturated rings. The average molecular weight is 244 g/mol. The molecule has 7 heteroatoms. The summed E-state index contributed by atoms with van der Waals surface area (Å²) < 4.78 is 43.4. The van der Waals surface area contributed by atoms with Crippen molar-refractivity contribution in [1.82, 2.24) is 9.55 Å². The fraction of sp³-hybridized carbons (Fsp3) is 0.200. The van der Waals surface area contributed by atoms with Gasteiger partial charge in [0.05, 0.1) is 0 Å². The first-order valence-electron chi connectivity index (χ1n) is 4.58. The van der Waals surface area contributed by atoms with Crippen molar-refractivity contribution in [2.24, 2.45) is 7.05 Å². The average Bonchev–Trinajstić information content (AvgIpc) is 2.82. The Morgan fingerprint density at radius 1 is 1.41 bits per heavy atom. The number of aldehydes is 1. The summed E-state index contributed by atoms with van der Waals surface area (Å²) in [5.74, 6) is 0.173. The van der Waals surface area contributed by atoms with E-state index in [1.807, 2.05) is 0 Å². The first-order valence-corrected chi connectivity index (χ1v) is 4.58. The standard InChI is InChI=1S/C10H7F3N2O2/c1-15-4-8(10(11,12)13)14-9(15)7-3-2-6(5-16)17-7/h2-5H,1H3. The van der Waals surface area contributed by atoms with Gasteiger partial charge in [-0.3, -0.25) is 4.79 Å². The maximum absolute atomic E-state index is 12.4. The van der Waals surface area contributed by atoms with E-state index in [-0.39, 0.29) is 17.3 Å². The number of aryl methyl sites for hydroxylation is 1. The van der Waals surface area contributed by atoms with Crippen molar-refractivity contribution in [2.75, 3.05) is 0 Å². The van der Waals surface area contributed by atoms with Gasteiger partial charge >= 0.3 is 6.18 Å². The molecule has 0 spiro atoms. The van der Waals surface area contributed by atoms with Crippen molar-refractivity contribution in [1.29, 1.82) is 0 Å². The Morgan fingerprint density at radius 2 is 2.12 bits per heavy atom. The lowest BCUT2D eigenvalue weighted by Gasteiger charge is -1.98. The number of rotatable bonds is 2. The summed E-state index contributed by atoms with van der Waals surface area (Å²) in [6.45, 7) is 0. The maximum atomic E-state index is 12.4. The molecule has 90 valence electrons. The molecule has 0 aliphatic carbocycles. The Balaban J connectivity index is 2.46. The zero-order valence-electron chi connectivity index (χ0n) is 8.65. The summed E-state index contributed by atoms with van der Waals surface area (Å²) in [4.78, 5) is 13.8. The van der Waals surface area contributed by atoms with Crippen molar-refractivity contribution in [3.05, 3.63) is 29.8 Å². The Hall–Kier alpha value is -2.05. The normalized spacial score (nSPS) is 11.8. The third kappa shape index (κ3) is 2.08. The summed E-state index contributed by atoms with van der Waals surface area (Å²) in [6.07, 6.45) is -3.17. The fourth-order valence-corrected chi connectivity index (χ4v) is 1.37. The second kappa shape index (κ2) is 3.76. The largest absolute Gasteiger partial charge is 0.450 e. The van der Waals surface area contributed by atoms with Gasteiger partial charge in [-0.2, -0.15) is 13.2 Å². The van der Waals surface area contributed by atoms with Crippen molar-refractivity contribution in [2.45, 2.75) is 6.18 Å². The van der Waals surface area contributed by atoms with Crippen molar-refractivity contribution in [3.8, 4) is 11.6 Å². The molecule has 2 aromatic rings. The fourth-order valence-electron chi connectivity index (χ4n) is 1.37. The molecule has 17 heavy (non-hydrogen) atoms. The van der Waals surface area contributed by atoms with Gasteiger partial charge in [-0.05, 0) is 12.1 Å². The molecule has 0 amide bonds. The van der Waals surface area contributed by atoms with Crippen LogP contribution in [-0.4, -0.2) is 15.8 Å². The van der Waals surface area contributed by atoms with Crippen LogP contribution < -0.4 is 0 Å². The monoisotopic (exact) mass is 244 g/mol. The van der Waals surface area contributed by atoms with Crippen LogP contribution in [0.25, 0.3) is 11.6 Å². The second-order valence-corrected chi connectivity index (χ2v) is 3.38. The van der Waals surface area contributed by atoms with E-state index in [0.29, 0.717) is 6.29 Å². The minimum Gasteiger partial charge on any atom is -0.450 e. The minimum absolute atomic E-state index is 0.0189. The molecule has 0 N–H and O–H groups in total. The number of aromatic nitrogens is 2. The van der Waals surface area contributed by atoms with Crippen LogP contribution in [0, 0.1) is 0 Å². The zero-order valence-corrected chi connectivity index (χ0v) is 8.65. The van der Waals surface area contributed by atoms with Crippen LogP contribution in [0.5, 0.6) is 0 Å². The number of hydrogen-bond acceptors (Lipinski definition) is 3. The Kier molecular flexibility index (Phi) is 2.53. The van der Waals surface area contributed by atoms with Gasteiger partial charge in [-0.1, -0.05) is 0 Å². The molecule has 0 bridgehead atoms. The highest BCUT2D eigenvalue weighted by Gasteiger charge is 2.34. The van der Waals surface area contributed by atoms with Crippen LogP contribution in [0.4, 0.5) is 13.2 Å². The lowest BCUT2D eigenvalue weighted by Crippen LogP contribution is -2.04. The molecule has 0 unspecified atom stereocenters. The number of nitrogens with zero attached hydrogens (tertiary/aromatic N) is 2. The van der Waals surface area contributed by atoms with Gasteiger partial charge in [0, 0.05) is 13.2 Å². The highest BCUT2D eigenvalue weighted by atomic mass is 19.4. The molecule has 0 aromatic carbocycles. The van der Waals surface area contributed by atoms with E-state index in [0.717, 1.165) is 6.20 Å². The number of carbonyl (C=O) groups excluding carboxylic acids is 1. The molecule has 0 saturated carbocycles. The number of imidazole rings is 1. The highest BCUT2D eigenvalue weighted by molar-refractivity contribution is 5.72. The van der Waals surface area contributed by atoms with Crippen molar-refractivity contribution < 1.29 is 22.4 Å². The molecule has 0 aliphatic rings. The SMILES string of the molecule is Cn1cc(C(F)(F)F)nc1-c1ccc(C=O)o1. The van der Waals surface area contributed by atoms with Crippen LogP contribution in [-0.2, 0) is 13.2 Å². The third-order valence-electron chi connectivity index (χ3n) is 2.13. The number of halogens is 3. The molecule has 2 aromatic heterocycles. The first-order chi connectivity index (χ1) is 7.91. The Morgan fingerprint density at radius 3 is 2.59 bits per heavy atom. The first kappa shape index (κ1) is 11.4. The van der Waals surface area contributed by atoms with Crippen LogP contribution in [0.2, 0.25) is 0 Å². The predicted octanol–water partition coefficient (Wildman–Crippen LogP) is 2.51. The summed E-state index contributed by atoms with van der Waals surface area (Å²) in [5, 5.41) is 0. The van der Waals surface area contributed by atoms with Crippen molar-refractivity contribution >= 4 is 6.29 Å². The lowest BCUT2D eigenvalue weighted by atomic mass is 10.4. The number of furan rings is 1. The summed E-state index contributed by atoms with van der Waals surface area (Å²) >= 11 is 0. The van der Waals surface area contributed by atoms with E-state index in [1.54, 1.807) is 0 Å². The van der Waals surface area contributed by atoms with Gasteiger partial charge in [-0.15, -0.1) is 0 Å². The van der Waals surface area contributed by atoms with Gasteiger partial charge in [0.1, 0.15) is 0 Å². The number of alkyl halides is 3. The van der Waals surface area contributed by atoms with Crippen molar-refractivity contribution in [3.63, 3.8) is 0 Å². The van der Waals surface area contributed by atoms with Crippen LogP contribution in [0.15, 0.2) is 22.7 Å². The van der Waals surface area contributed by atoms with E-state index in [2.05, 4.69) is 4.98 Å². The summed E-state index contributed by atoms with van der Waals surface area (Å²) in [7, 11) is 1.42. The summed E-state index contributed by atoms with van der Waals surface area (Å²) in [6, 6.07) is 2.76. The molecule has 0 radical (unpaired) electrons. The van der Waals surface area contributed by atoms with Gasteiger partial charge in [-0.25, -0.2) is 4.98 Å². The predicted molar refractivity (Wildman–Crippen MR) is 51.3 cm³/mol. The molecular weight excluding hydrogens is 237 g/mol. The van der Waals surface area contributed by atoms with E-state index < -0.39 is 11.9 Å². The Bertz CT molecular complexity index is 554. The van der Waals surface area contributed by atoms with Gasteiger partial charge < -0.3 is 8.98 Å². The van der Waals surface area contributed by atoms with E-state index in [1.165, 1.54) is 23.7 Å². The molecular formula is C10H7F3N2O2. The molecule has 0 aliphatic heterocycles. The summed E-state index contributed by atoms with van der Waals surface area (Å²) in [5.41, 5.74) is -1.00. The van der Waals surface area contributed by atoms with Crippen LogP contribution >= 0.6 is 0 Å². The molecule has 2 rings (SSSR count). The van der Waals surface area contributed by atoms with Crippen LogP contribution in [0.3, 0.4) is 0 Å². The van der Waals surface area contributed by atoms with Gasteiger partial charge in [0.25, 0.3) is 0 Å². The molecule has 2 heterocycles. The lowest BCUT2D eigenvalue weighted by molar-refractivity contribution is -0.140. The van der Waals surface area contributed by atoms with E-state index >= 15 is 0 Å². The number of hydrogen-bond donors (Lipinski definition) is 0. The van der Waals surface area contributed by atoms with Gasteiger partial charge in [0.15, 0.2) is 29.3 Å². The molecule has 0 atom stereocenters. The molecule has 4 nitrogen and oxygen atoms in total. The quantitative estimate of drug-likeness (QED) is 0.762. The van der Waals surface area contributed by atoms with E-state index in [9.17, 15) is 18.0 Å². The second-order valence-electron chi connectivity index (χ2n) is 3.38. The topological polar surface area (TPSA) is 48.0 Å². The number of carbonyl (C=O) groups is 1. The van der Waals surface area contributed by atoms with E-state index in [4.69, 9.17) is 4.42 Å². The Labute approximate surface area is 93.7 Å². The zero-order chi connectivity index (χ0) is 12.6. The maximum Gasteiger partial charge on any atom is 0.434 e. The minimum atomic E-state index is -4.50. The highest BCUT2D eigenvalue weighted by Crippen LogP contribution is 2.30.